The second-order valence-corrected chi connectivity index (χ2v) is 7.82. The van der Waals surface area contributed by atoms with Crippen molar-refractivity contribution in [3.05, 3.63) is 76.5 Å². The van der Waals surface area contributed by atoms with E-state index in [-0.39, 0.29) is 30.6 Å². The molecule has 4 aromatic rings. The predicted molar refractivity (Wildman–Crippen MR) is 121 cm³/mol. The maximum absolute atomic E-state index is 13.3. The van der Waals surface area contributed by atoms with Crippen molar-refractivity contribution in [2.75, 3.05) is 7.11 Å². The number of ether oxygens (including phenoxy) is 1. The molecule has 2 heterocycles. The summed E-state index contributed by atoms with van der Waals surface area (Å²) in [4.78, 5) is 46.8. The van der Waals surface area contributed by atoms with Crippen LogP contribution in [0.1, 0.15) is 30.0 Å². The summed E-state index contributed by atoms with van der Waals surface area (Å²) in [6, 6.07) is 14.3. The number of carbonyl (C=O) groups excluding carboxylic acids is 2. The molecule has 164 valence electrons. The Bertz CT molecular complexity index is 1370. The quantitative estimate of drug-likeness (QED) is 0.472. The molecule has 4 rings (SSSR count). The summed E-state index contributed by atoms with van der Waals surface area (Å²) in [5.41, 5.74) is 1.53. The van der Waals surface area contributed by atoms with Gasteiger partial charge in [0.25, 0.3) is 5.56 Å². The summed E-state index contributed by atoms with van der Waals surface area (Å²) in [7, 11) is 1.33. The number of amides is 1. The van der Waals surface area contributed by atoms with E-state index < -0.39 is 5.97 Å². The molecule has 1 N–H and O–H groups in total. The third-order valence-corrected chi connectivity index (χ3v) is 5.43. The molecule has 1 amide bonds. The van der Waals surface area contributed by atoms with Crippen LogP contribution in [0.3, 0.4) is 0 Å². The molecule has 0 fully saturated rings. The lowest BCUT2D eigenvalue weighted by Gasteiger charge is -2.26. The van der Waals surface area contributed by atoms with E-state index in [1.165, 1.54) is 7.11 Å². The zero-order valence-corrected chi connectivity index (χ0v) is 18.2. The summed E-state index contributed by atoms with van der Waals surface area (Å²) < 4.78 is 6.63. The minimum atomic E-state index is -0.453. The minimum absolute atomic E-state index is 0.0352. The molecule has 2 aromatic carbocycles. The van der Waals surface area contributed by atoms with Gasteiger partial charge in [0.2, 0.25) is 5.91 Å². The number of benzene rings is 2. The van der Waals surface area contributed by atoms with Crippen LogP contribution in [0.15, 0.2) is 59.5 Å². The van der Waals surface area contributed by atoms with Crippen LogP contribution in [0.4, 0.5) is 0 Å². The van der Waals surface area contributed by atoms with Crippen molar-refractivity contribution >= 4 is 33.7 Å². The fourth-order valence-electron chi connectivity index (χ4n) is 3.82. The number of nitrogens with one attached hydrogen (secondary N) is 1. The van der Waals surface area contributed by atoms with Crippen LogP contribution >= 0.6 is 0 Å². The molecule has 0 saturated heterocycles. The summed E-state index contributed by atoms with van der Waals surface area (Å²) in [5.74, 6) is -0.192. The molecule has 0 spiro atoms. The number of methoxy groups -OCH3 is 1. The Morgan fingerprint density at radius 2 is 1.78 bits per heavy atom. The Morgan fingerprint density at radius 3 is 2.50 bits per heavy atom. The highest BCUT2D eigenvalue weighted by Gasteiger charge is 2.22. The maximum Gasteiger partial charge on any atom is 0.340 e. The van der Waals surface area contributed by atoms with Crippen LogP contribution in [0.2, 0.25) is 0 Å². The van der Waals surface area contributed by atoms with Gasteiger partial charge in [-0.05, 0) is 32.0 Å². The number of aromatic nitrogens is 3. The summed E-state index contributed by atoms with van der Waals surface area (Å²) in [5, 5.41) is 1.23. The van der Waals surface area contributed by atoms with Crippen molar-refractivity contribution < 1.29 is 14.3 Å². The van der Waals surface area contributed by atoms with Crippen LogP contribution < -0.4 is 5.56 Å². The van der Waals surface area contributed by atoms with Crippen LogP contribution in [0.25, 0.3) is 21.8 Å². The molecule has 8 nitrogen and oxygen atoms in total. The molecule has 0 atom stereocenters. The lowest BCUT2D eigenvalue weighted by Crippen LogP contribution is -2.39. The molecule has 8 heteroatoms. The number of esters is 1. The average Bonchev–Trinajstić information content (AvgIpc) is 3.15. The molecular formula is C24H24N4O4. The van der Waals surface area contributed by atoms with E-state index in [0.29, 0.717) is 22.3 Å². The normalized spacial score (nSPS) is 11.2. The first-order valence-electron chi connectivity index (χ1n) is 10.3. The van der Waals surface area contributed by atoms with Gasteiger partial charge in [0, 0.05) is 23.1 Å². The summed E-state index contributed by atoms with van der Waals surface area (Å²) >= 11 is 0. The average molecular weight is 432 g/mol. The van der Waals surface area contributed by atoms with Crippen molar-refractivity contribution in [1.82, 2.24) is 19.4 Å². The van der Waals surface area contributed by atoms with E-state index in [4.69, 9.17) is 4.74 Å². The van der Waals surface area contributed by atoms with Gasteiger partial charge in [-0.15, -0.1) is 0 Å². The number of aromatic amines is 1. The lowest BCUT2D eigenvalue weighted by atomic mass is 10.2. The van der Waals surface area contributed by atoms with Crippen molar-refractivity contribution in [3.8, 4) is 0 Å². The maximum atomic E-state index is 13.3. The highest BCUT2D eigenvalue weighted by atomic mass is 16.5. The molecule has 0 aliphatic carbocycles. The van der Waals surface area contributed by atoms with Gasteiger partial charge in [-0.1, -0.05) is 30.3 Å². The highest BCUT2D eigenvalue weighted by Crippen LogP contribution is 2.22. The Hall–Kier alpha value is -3.94. The van der Waals surface area contributed by atoms with Crippen molar-refractivity contribution in [2.45, 2.75) is 33.0 Å². The van der Waals surface area contributed by atoms with Crippen LogP contribution in [0.5, 0.6) is 0 Å². The number of nitrogens with zero attached hydrogens (tertiary/aromatic N) is 3. The Kier molecular flexibility index (Phi) is 5.77. The highest BCUT2D eigenvalue weighted by molar-refractivity contribution is 6.04. The summed E-state index contributed by atoms with van der Waals surface area (Å²) in [6.07, 6.45) is 1.64. The topological polar surface area (TPSA) is 97.3 Å². The number of rotatable bonds is 6. The Balaban J connectivity index is 1.64. The number of para-hydroxylation sites is 2. The number of hydrogen-bond acceptors (Lipinski definition) is 5. The SMILES string of the molecule is COC(=O)c1cn(CC(=O)N(Cc2nc3ccccc3c(=O)[nH]2)C(C)C)c2ccccc12. The molecular weight excluding hydrogens is 408 g/mol. The number of hydrogen-bond donors (Lipinski definition) is 1. The molecule has 0 aliphatic heterocycles. The third-order valence-electron chi connectivity index (χ3n) is 5.43. The van der Waals surface area contributed by atoms with Gasteiger partial charge in [0.1, 0.15) is 12.4 Å². The molecule has 0 bridgehead atoms. The molecule has 0 saturated carbocycles. The number of carbonyl (C=O) groups is 2. The van der Waals surface area contributed by atoms with Gasteiger partial charge < -0.3 is 19.2 Å². The van der Waals surface area contributed by atoms with Gasteiger partial charge in [-0.25, -0.2) is 9.78 Å². The zero-order valence-electron chi connectivity index (χ0n) is 18.2. The Labute approximate surface area is 184 Å². The van der Waals surface area contributed by atoms with E-state index in [1.54, 1.807) is 33.9 Å². The van der Waals surface area contributed by atoms with E-state index in [9.17, 15) is 14.4 Å². The first kappa shape index (κ1) is 21.3. The van der Waals surface area contributed by atoms with Gasteiger partial charge in [0.05, 0.1) is 30.1 Å². The zero-order chi connectivity index (χ0) is 22.8. The smallest absolute Gasteiger partial charge is 0.340 e. The van der Waals surface area contributed by atoms with E-state index in [1.807, 2.05) is 44.2 Å². The van der Waals surface area contributed by atoms with E-state index in [2.05, 4.69) is 9.97 Å². The van der Waals surface area contributed by atoms with Gasteiger partial charge in [-0.2, -0.15) is 0 Å². The predicted octanol–water partition coefficient (Wildman–Crippen LogP) is 3.10. The fourth-order valence-corrected chi connectivity index (χ4v) is 3.82. The largest absolute Gasteiger partial charge is 0.465 e. The fraction of sp³-hybridized carbons (Fsp3) is 0.250. The van der Waals surface area contributed by atoms with Crippen molar-refractivity contribution in [3.63, 3.8) is 0 Å². The number of H-pyrrole nitrogens is 1. The van der Waals surface area contributed by atoms with Crippen molar-refractivity contribution in [1.29, 1.82) is 0 Å². The lowest BCUT2D eigenvalue weighted by molar-refractivity contribution is -0.134. The Morgan fingerprint density at radius 1 is 1.09 bits per heavy atom. The van der Waals surface area contributed by atoms with Gasteiger partial charge in [0.15, 0.2) is 0 Å². The van der Waals surface area contributed by atoms with Gasteiger partial charge in [-0.3, -0.25) is 9.59 Å². The van der Waals surface area contributed by atoms with Gasteiger partial charge >= 0.3 is 5.97 Å². The first-order chi connectivity index (χ1) is 15.4. The van der Waals surface area contributed by atoms with E-state index >= 15 is 0 Å². The van der Waals surface area contributed by atoms with Crippen LogP contribution in [-0.2, 0) is 22.6 Å². The van der Waals surface area contributed by atoms with Crippen molar-refractivity contribution in [2.24, 2.45) is 0 Å². The van der Waals surface area contributed by atoms with E-state index in [0.717, 1.165) is 10.9 Å². The minimum Gasteiger partial charge on any atom is -0.465 e. The standard InChI is InChI=1S/C24H24N4O4/c1-15(2)28(13-21-25-19-10-6-4-9-17(19)23(30)26-21)22(29)14-27-12-18(24(31)32-3)16-8-5-7-11-20(16)27/h4-12,15H,13-14H2,1-3H3,(H,25,26,30). The monoisotopic (exact) mass is 432 g/mol. The van der Waals surface area contributed by atoms with Crippen LogP contribution in [-0.4, -0.2) is 44.5 Å². The molecule has 32 heavy (non-hydrogen) atoms. The number of fused-ring (bicyclic) bond motifs is 2. The summed E-state index contributed by atoms with van der Waals surface area (Å²) in [6.45, 7) is 4.02. The second-order valence-electron chi connectivity index (χ2n) is 7.82. The first-order valence-corrected chi connectivity index (χ1v) is 10.3. The molecule has 2 aromatic heterocycles. The molecule has 0 unspecified atom stereocenters. The molecule has 0 radical (unpaired) electrons. The second kappa shape index (κ2) is 8.66. The third kappa shape index (κ3) is 3.99. The van der Waals surface area contributed by atoms with Crippen LogP contribution in [0, 0.1) is 0 Å². The molecule has 0 aliphatic rings.